The molecule has 1 aliphatic rings. The van der Waals surface area contributed by atoms with E-state index in [1.165, 1.54) is 22.8 Å². The van der Waals surface area contributed by atoms with Gasteiger partial charge in [-0.3, -0.25) is 4.79 Å². The van der Waals surface area contributed by atoms with Crippen LogP contribution in [0.1, 0.15) is 13.3 Å². The van der Waals surface area contributed by atoms with Crippen molar-refractivity contribution in [3.63, 3.8) is 0 Å². The second-order valence-corrected chi connectivity index (χ2v) is 8.18. The number of aromatic amines is 1. The number of fused-ring (bicyclic) bond motifs is 1. The molecular formula is C14H16ClN3O4S. The van der Waals surface area contributed by atoms with E-state index in [1.807, 2.05) is 6.92 Å². The first-order valence-corrected chi connectivity index (χ1v) is 8.97. The average Bonchev–Trinajstić information content (AvgIpc) is 2.92. The normalized spacial score (nSPS) is 23.2. The number of aliphatic carboxylic acids is 1. The number of hydrogen-bond acceptors (Lipinski definition) is 4. The molecule has 0 aliphatic carbocycles. The maximum absolute atomic E-state index is 13.0. The molecule has 7 nitrogen and oxygen atoms in total. The van der Waals surface area contributed by atoms with Gasteiger partial charge in [-0.2, -0.15) is 4.31 Å². The van der Waals surface area contributed by atoms with Gasteiger partial charge < -0.3 is 10.1 Å². The molecule has 3 heterocycles. The van der Waals surface area contributed by atoms with E-state index in [2.05, 4.69) is 9.97 Å². The zero-order valence-electron chi connectivity index (χ0n) is 12.4. The number of rotatable bonds is 3. The van der Waals surface area contributed by atoms with Crippen LogP contribution in [-0.4, -0.2) is 46.9 Å². The number of nitrogens with zero attached hydrogens (tertiary/aromatic N) is 2. The molecule has 1 saturated heterocycles. The highest BCUT2D eigenvalue weighted by Gasteiger charge is 2.37. The molecule has 0 amide bonds. The number of aromatic nitrogens is 2. The number of pyridine rings is 1. The molecule has 2 unspecified atom stereocenters. The summed E-state index contributed by atoms with van der Waals surface area (Å²) in [6.07, 6.45) is 3.31. The van der Waals surface area contributed by atoms with Gasteiger partial charge in [0.05, 0.1) is 16.3 Å². The minimum absolute atomic E-state index is 0.0292. The van der Waals surface area contributed by atoms with Gasteiger partial charge in [-0.15, -0.1) is 0 Å². The van der Waals surface area contributed by atoms with E-state index in [0.717, 1.165) is 0 Å². The lowest BCUT2D eigenvalue weighted by atomic mass is 9.92. The van der Waals surface area contributed by atoms with Crippen molar-refractivity contribution in [3.05, 3.63) is 23.5 Å². The molecule has 0 aromatic carbocycles. The monoisotopic (exact) mass is 357 g/mol. The third kappa shape index (κ3) is 2.82. The lowest BCUT2D eigenvalue weighted by Gasteiger charge is -2.33. The number of nitrogens with one attached hydrogen (secondary N) is 1. The quantitative estimate of drug-likeness (QED) is 0.873. The molecule has 2 N–H and O–H groups in total. The Hall–Kier alpha value is -1.64. The van der Waals surface area contributed by atoms with Crippen LogP contribution in [0.3, 0.4) is 0 Å². The molecule has 2 aromatic heterocycles. The van der Waals surface area contributed by atoms with Gasteiger partial charge in [-0.1, -0.05) is 18.5 Å². The van der Waals surface area contributed by atoms with Gasteiger partial charge in [-0.05, 0) is 18.4 Å². The van der Waals surface area contributed by atoms with Crippen LogP contribution in [0, 0.1) is 11.8 Å². The van der Waals surface area contributed by atoms with Crippen LogP contribution < -0.4 is 0 Å². The first-order valence-electron chi connectivity index (χ1n) is 7.15. The van der Waals surface area contributed by atoms with E-state index < -0.39 is 21.9 Å². The molecule has 1 aliphatic heterocycles. The summed E-state index contributed by atoms with van der Waals surface area (Å²) in [6.45, 7) is 2.10. The topological polar surface area (TPSA) is 103 Å². The van der Waals surface area contributed by atoms with E-state index in [-0.39, 0.29) is 28.9 Å². The minimum atomic E-state index is -3.85. The first-order chi connectivity index (χ1) is 10.8. The Balaban J connectivity index is 2.05. The molecule has 3 rings (SSSR count). The van der Waals surface area contributed by atoms with Crippen LogP contribution >= 0.6 is 11.6 Å². The Bertz CT molecular complexity index is 864. The molecule has 124 valence electrons. The highest BCUT2D eigenvalue weighted by Crippen LogP contribution is 2.33. The fraction of sp³-hybridized carbons (Fsp3) is 0.429. The van der Waals surface area contributed by atoms with E-state index in [0.29, 0.717) is 17.5 Å². The van der Waals surface area contributed by atoms with E-state index in [9.17, 15) is 18.3 Å². The number of carboxylic acids is 1. The predicted octanol–water partition coefficient (Wildman–Crippen LogP) is 1.95. The van der Waals surface area contributed by atoms with Gasteiger partial charge in [0.25, 0.3) is 0 Å². The zero-order chi connectivity index (χ0) is 16.8. The van der Waals surface area contributed by atoms with Crippen LogP contribution in [0.4, 0.5) is 0 Å². The fourth-order valence-electron chi connectivity index (χ4n) is 3.01. The summed E-state index contributed by atoms with van der Waals surface area (Å²) in [5.74, 6) is -1.71. The number of carboxylic acid groups (broad SMARTS) is 1. The molecule has 2 atom stereocenters. The Morgan fingerprint density at radius 3 is 2.91 bits per heavy atom. The molecule has 2 aromatic rings. The molecule has 23 heavy (non-hydrogen) atoms. The average molecular weight is 358 g/mol. The maximum Gasteiger partial charge on any atom is 0.307 e. The lowest BCUT2D eigenvalue weighted by molar-refractivity contribution is -0.143. The van der Waals surface area contributed by atoms with Crippen LogP contribution in [0.5, 0.6) is 0 Å². The van der Waals surface area contributed by atoms with Gasteiger partial charge in [0.2, 0.25) is 10.0 Å². The van der Waals surface area contributed by atoms with Crippen LogP contribution in [0.15, 0.2) is 23.4 Å². The van der Waals surface area contributed by atoms with Crippen molar-refractivity contribution >= 4 is 38.6 Å². The largest absolute Gasteiger partial charge is 0.481 e. The molecule has 0 spiro atoms. The van der Waals surface area contributed by atoms with Crippen LogP contribution in [-0.2, 0) is 14.8 Å². The second kappa shape index (κ2) is 5.77. The number of sulfonamides is 1. The Kier molecular flexibility index (Phi) is 4.07. The molecule has 1 fully saturated rings. The Morgan fingerprint density at radius 2 is 2.22 bits per heavy atom. The van der Waals surface area contributed by atoms with Crippen molar-refractivity contribution in [1.82, 2.24) is 14.3 Å². The molecule has 0 saturated carbocycles. The fourth-order valence-corrected chi connectivity index (χ4v) is 5.09. The zero-order valence-corrected chi connectivity index (χ0v) is 13.9. The molecular weight excluding hydrogens is 342 g/mol. The van der Waals surface area contributed by atoms with Crippen molar-refractivity contribution in [2.75, 3.05) is 13.1 Å². The Labute approximate surface area is 138 Å². The minimum Gasteiger partial charge on any atom is -0.481 e. The predicted molar refractivity (Wildman–Crippen MR) is 84.8 cm³/mol. The third-order valence-corrected chi connectivity index (χ3v) is 6.25. The van der Waals surface area contributed by atoms with Gasteiger partial charge in [0.15, 0.2) is 0 Å². The smallest absolute Gasteiger partial charge is 0.307 e. The van der Waals surface area contributed by atoms with Crippen LogP contribution in [0.25, 0.3) is 11.0 Å². The van der Waals surface area contributed by atoms with E-state index in [4.69, 9.17) is 11.6 Å². The van der Waals surface area contributed by atoms with Gasteiger partial charge in [0.1, 0.15) is 10.5 Å². The van der Waals surface area contributed by atoms with E-state index in [1.54, 1.807) is 0 Å². The Morgan fingerprint density at radius 1 is 1.48 bits per heavy atom. The van der Waals surface area contributed by atoms with Crippen molar-refractivity contribution < 1.29 is 18.3 Å². The highest BCUT2D eigenvalue weighted by atomic mass is 35.5. The number of hydrogen-bond donors (Lipinski definition) is 2. The first kappa shape index (κ1) is 16.2. The standard InChI is InChI=1S/C14H16ClN3O4S/c1-8-4-9(14(19)20)7-18(6-8)23(21,22)11-5-17-13-12(11)10(15)2-3-16-13/h2-3,5,8-9H,4,6-7H2,1H3,(H,16,17)(H,19,20). The summed E-state index contributed by atoms with van der Waals surface area (Å²) in [5.41, 5.74) is 0.385. The lowest BCUT2D eigenvalue weighted by Crippen LogP contribution is -2.45. The summed E-state index contributed by atoms with van der Waals surface area (Å²) >= 11 is 6.12. The number of halogens is 1. The summed E-state index contributed by atoms with van der Waals surface area (Å²) in [6, 6.07) is 1.52. The number of carbonyl (C=O) groups is 1. The van der Waals surface area contributed by atoms with Gasteiger partial charge >= 0.3 is 5.97 Å². The van der Waals surface area contributed by atoms with Crippen molar-refractivity contribution in [3.8, 4) is 0 Å². The molecule has 0 bridgehead atoms. The summed E-state index contributed by atoms with van der Waals surface area (Å²) in [5, 5.41) is 9.85. The van der Waals surface area contributed by atoms with Crippen LogP contribution in [0.2, 0.25) is 5.02 Å². The van der Waals surface area contributed by atoms with Crippen molar-refractivity contribution in [1.29, 1.82) is 0 Å². The highest BCUT2D eigenvalue weighted by molar-refractivity contribution is 7.89. The van der Waals surface area contributed by atoms with Gasteiger partial charge in [-0.25, -0.2) is 13.4 Å². The molecule has 9 heteroatoms. The van der Waals surface area contributed by atoms with Crippen molar-refractivity contribution in [2.45, 2.75) is 18.2 Å². The summed E-state index contributed by atoms with van der Waals surface area (Å²) in [7, 11) is -3.85. The maximum atomic E-state index is 13.0. The van der Waals surface area contributed by atoms with Crippen molar-refractivity contribution in [2.24, 2.45) is 11.8 Å². The summed E-state index contributed by atoms with van der Waals surface area (Å²) < 4.78 is 27.1. The SMILES string of the molecule is CC1CC(C(=O)O)CN(S(=O)(=O)c2c[nH]c3nccc(Cl)c23)C1. The number of piperidine rings is 1. The van der Waals surface area contributed by atoms with E-state index >= 15 is 0 Å². The molecule has 0 radical (unpaired) electrons. The summed E-state index contributed by atoms with van der Waals surface area (Å²) in [4.78, 5) is 18.2. The number of H-pyrrole nitrogens is 1. The third-order valence-electron chi connectivity index (χ3n) is 4.08. The second-order valence-electron chi connectivity index (χ2n) is 5.87. The van der Waals surface area contributed by atoms with Gasteiger partial charge in [0, 0.05) is 25.5 Å².